The highest BCUT2D eigenvalue weighted by Crippen LogP contribution is 2.41. The van der Waals surface area contributed by atoms with Gasteiger partial charge in [-0.3, -0.25) is 0 Å². The van der Waals surface area contributed by atoms with Crippen LogP contribution in [0.2, 0.25) is 0 Å². The van der Waals surface area contributed by atoms with E-state index in [9.17, 15) is 32.2 Å². The minimum atomic E-state index is -5.17. The third-order valence-electron chi connectivity index (χ3n) is 5.51. The lowest BCUT2D eigenvalue weighted by molar-refractivity contribution is -0.140. The lowest BCUT2D eigenvalue weighted by atomic mass is 9.97. The van der Waals surface area contributed by atoms with Crippen LogP contribution < -0.4 is 4.90 Å². The maximum atomic E-state index is 14.6. The average Bonchev–Trinajstić information content (AvgIpc) is 3.06. The predicted molar refractivity (Wildman–Crippen MR) is 107 cm³/mol. The molecule has 2 aromatic heterocycles. The molecule has 1 aliphatic rings. The number of alkyl halides is 3. The Morgan fingerprint density at radius 3 is 2.52 bits per heavy atom. The zero-order valence-corrected chi connectivity index (χ0v) is 17.8. The summed E-state index contributed by atoms with van der Waals surface area (Å²) in [5, 5.41) is 24.3. The van der Waals surface area contributed by atoms with Gasteiger partial charge in [0, 0.05) is 25.4 Å². The Morgan fingerprint density at radius 1 is 1.18 bits per heavy atom. The first-order chi connectivity index (χ1) is 15.3. The van der Waals surface area contributed by atoms with Gasteiger partial charge in [0.1, 0.15) is 5.69 Å². The average molecular weight is 473 g/mol. The molecular formula is C20H20F5N5O3. The third-order valence-corrected chi connectivity index (χ3v) is 5.51. The summed E-state index contributed by atoms with van der Waals surface area (Å²) in [6, 6.07) is -0.218. The van der Waals surface area contributed by atoms with Gasteiger partial charge in [-0.2, -0.15) is 23.3 Å². The van der Waals surface area contributed by atoms with Crippen LogP contribution in [0, 0.1) is 11.6 Å². The van der Waals surface area contributed by atoms with Crippen molar-refractivity contribution in [3.8, 4) is 17.0 Å². The number of hydrogen-bond donors (Lipinski definition) is 2. The third kappa shape index (κ3) is 3.95. The number of fused-ring (bicyclic) bond motifs is 1. The molecule has 13 heteroatoms. The Morgan fingerprint density at radius 2 is 1.88 bits per heavy atom. The lowest BCUT2D eigenvalue weighted by Crippen LogP contribution is -2.57. The number of phenolic OH excluding ortho intramolecular Hbond substituents is 1. The molecule has 33 heavy (non-hydrogen) atoms. The van der Waals surface area contributed by atoms with Crippen molar-refractivity contribution >= 4 is 17.0 Å². The quantitative estimate of drug-likeness (QED) is 0.565. The van der Waals surface area contributed by atoms with Crippen LogP contribution in [-0.4, -0.2) is 61.4 Å². The number of aliphatic hydroxyl groups is 1. The normalized spacial score (nSPS) is 17.7. The maximum Gasteiger partial charge on any atom is 0.419 e. The number of nitrogens with zero attached hydrogens (tertiary/aromatic N) is 5. The molecule has 1 aliphatic heterocycles. The van der Waals surface area contributed by atoms with E-state index in [1.807, 2.05) is 0 Å². The number of aromatic hydroxyl groups is 1. The van der Waals surface area contributed by atoms with Crippen LogP contribution in [0.3, 0.4) is 0 Å². The molecule has 4 rings (SSSR count). The highest BCUT2D eigenvalue weighted by Gasteiger charge is 2.39. The van der Waals surface area contributed by atoms with Crippen LogP contribution in [0.1, 0.15) is 19.4 Å². The van der Waals surface area contributed by atoms with Crippen molar-refractivity contribution in [2.45, 2.75) is 31.7 Å². The first-order valence-corrected chi connectivity index (χ1v) is 9.85. The number of benzene rings is 1. The van der Waals surface area contributed by atoms with Crippen molar-refractivity contribution in [2.75, 3.05) is 24.7 Å². The van der Waals surface area contributed by atoms with E-state index in [0.717, 1.165) is 0 Å². The minimum absolute atomic E-state index is 0.0901. The van der Waals surface area contributed by atoms with Gasteiger partial charge in [-0.15, -0.1) is 0 Å². The van der Waals surface area contributed by atoms with E-state index >= 15 is 0 Å². The van der Waals surface area contributed by atoms with Crippen LogP contribution in [0.5, 0.6) is 5.75 Å². The highest BCUT2D eigenvalue weighted by molar-refractivity contribution is 5.91. The summed E-state index contributed by atoms with van der Waals surface area (Å²) in [6.45, 7) is 4.19. The molecule has 3 aromatic rings. The van der Waals surface area contributed by atoms with Gasteiger partial charge in [-0.25, -0.2) is 18.4 Å². The SMILES string of the molecule is Cn1nc(-c2cc(C(F)(F)F)c(F)c(O)c2F)c2cnc(N3CCOC[C@H]3C(C)(C)O)nc21. The van der Waals surface area contributed by atoms with E-state index < -0.39 is 46.3 Å². The summed E-state index contributed by atoms with van der Waals surface area (Å²) in [4.78, 5) is 10.4. The molecule has 8 nitrogen and oxygen atoms in total. The van der Waals surface area contributed by atoms with Gasteiger partial charge in [0.2, 0.25) is 5.95 Å². The van der Waals surface area contributed by atoms with E-state index in [1.54, 1.807) is 18.7 Å². The zero-order chi connectivity index (χ0) is 24.3. The molecule has 0 bridgehead atoms. The van der Waals surface area contributed by atoms with E-state index in [-0.39, 0.29) is 35.3 Å². The molecule has 1 fully saturated rings. The van der Waals surface area contributed by atoms with Crippen LogP contribution in [-0.2, 0) is 18.0 Å². The number of aromatic nitrogens is 4. The number of phenols is 1. The first-order valence-electron chi connectivity index (χ1n) is 9.85. The number of halogens is 5. The zero-order valence-electron chi connectivity index (χ0n) is 17.8. The van der Waals surface area contributed by atoms with Crippen molar-refractivity contribution in [1.29, 1.82) is 0 Å². The second-order valence-electron chi connectivity index (χ2n) is 8.26. The molecule has 1 saturated heterocycles. The number of ether oxygens (including phenoxy) is 1. The largest absolute Gasteiger partial charge is 0.503 e. The number of morpholine rings is 1. The topological polar surface area (TPSA) is 96.5 Å². The van der Waals surface area contributed by atoms with Crippen LogP contribution in [0.25, 0.3) is 22.3 Å². The molecule has 0 unspecified atom stereocenters. The fraction of sp³-hybridized carbons (Fsp3) is 0.450. The molecule has 178 valence electrons. The fourth-order valence-corrected chi connectivity index (χ4v) is 3.80. The Kier molecular flexibility index (Phi) is 5.44. The summed E-state index contributed by atoms with van der Waals surface area (Å²) in [6.07, 6.45) is -3.91. The van der Waals surface area contributed by atoms with E-state index in [0.29, 0.717) is 13.2 Å². The molecule has 0 radical (unpaired) electrons. The first kappa shape index (κ1) is 23.1. The Balaban J connectivity index is 1.86. The van der Waals surface area contributed by atoms with Gasteiger partial charge in [-0.05, 0) is 19.9 Å². The number of anilines is 1. The molecule has 0 aliphatic carbocycles. The van der Waals surface area contributed by atoms with Crippen molar-refractivity contribution in [3.63, 3.8) is 0 Å². The van der Waals surface area contributed by atoms with Crippen LogP contribution >= 0.6 is 0 Å². The van der Waals surface area contributed by atoms with Crippen LogP contribution in [0.4, 0.5) is 27.9 Å². The van der Waals surface area contributed by atoms with Gasteiger partial charge < -0.3 is 19.8 Å². The Labute approximate surface area is 184 Å². The molecule has 0 amide bonds. The molecule has 1 atom stereocenters. The summed E-state index contributed by atoms with van der Waals surface area (Å²) >= 11 is 0. The lowest BCUT2D eigenvalue weighted by Gasteiger charge is -2.41. The van der Waals surface area contributed by atoms with Gasteiger partial charge in [0.05, 0.1) is 35.8 Å². The second kappa shape index (κ2) is 7.76. The highest BCUT2D eigenvalue weighted by atomic mass is 19.4. The molecular weight excluding hydrogens is 453 g/mol. The smallest absolute Gasteiger partial charge is 0.419 e. The second-order valence-corrected chi connectivity index (χ2v) is 8.26. The molecule has 0 saturated carbocycles. The summed E-state index contributed by atoms with van der Waals surface area (Å²) in [7, 11) is 1.45. The van der Waals surface area contributed by atoms with Gasteiger partial charge in [0.25, 0.3) is 0 Å². The molecule has 1 aromatic carbocycles. The standard InChI is InChI=1S/C20H20F5N5O3/c1-19(2,32)12-8-33-5-4-30(12)18-26-7-10-15(28-29(3)17(10)27-18)9-6-11(20(23,24)25)14(22)16(31)13(9)21/h6-7,12,31-32H,4-5,8H2,1-3H3/t12-/m0/s1. The van der Waals surface area contributed by atoms with Crippen molar-refractivity contribution in [3.05, 3.63) is 29.5 Å². The predicted octanol–water partition coefficient (Wildman–Crippen LogP) is 3.01. The number of hydrogen-bond acceptors (Lipinski definition) is 7. The number of rotatable bonds is 3. The summed E-state index contributed by atoms with van der Waals surface area (Å²) < 4.78 is 74.8. The number of aryl methyl sites for hydroxylation is 1. The summed E-state index contributed by atoms with van der Waals surface area (Å²) in [5.41, 5.74) is -3.86. The van der Waals surface area contributed by atoms with E-state index in [2.05, 4.69) is 15.1 Å². The van der Waals surface area contributed by atoms with Gasteiger partial charge >= 0.3 is 6.18 Å². The molecule has 0 spiro atoms. The van der Waals surface area contributed by atoms with Crippen molar-refractivity contribution < 1.29 is 36.9 Å². The van der Waals surface area contributed by atoms with E-state index in [4.69, 9.17) is 4.74 Å². The van der Waals surface area contributed by atoms with E-state index in [1.165, 1.54) is 17.9 Å². The molecule has 2 N–H and O–H groups in total. The summed E-state index contributed by atoms with van der Waals surface area (Å²) in [5.74, 6) is -5.23. The Hall–Kier alpha value is -3.06. The van der Waals surface area contributed by atoms with Gasteiger partial charge in [0.15, 0.2) is 23.0 Å². The van der Waals surface area contributed by atoms with Crippen molar-refractivity contribution in [1.82, 2.24) is 19.7 Å². The van der Waals surface area contributed by atoms with Crippen molar-refractivity contribution in [2.24, 2.45) is 7.05 Å². The minimum Gasteiger partial charge on any atom is -0.503 e. The maximum absolute atomic E-state index is 14.6. The molecule has 3 heterocycles. The van der Waals surface area contributed by atoms with Crippen LogP contribution in [0.15, 0.2) is 12.3 Å². The monoisotopic (exact) mass is 473 g/mol. The van der Waals surface area contributed by atoms with Gasteiger partial charge in [-0.1, -0.05) is 0 Å². The fourth-order valence-electron chi connectivity index (χ4n) is 3.80. The Bertz CT molecular complexity index is 1220.